The molecular formula is C17H22N4O4S2. The normalized spacial score (nSPS) is 15.2. The van der Waals surface area contributed by atoms with Crippen molar-refractivity contribution in [1.29, 1.82) is 0 Å². The van der Waals surface area contributed by atoms with Crippen LogP contribution in [0.5, 0.6) is 5.75 Å². The first-order valence-electron chi connectivity index (χ1n) is 8.38. The van der Waals surface area contributed by atoms with Crippen molar-refractivity contribution in [3.05, 3.63) is 30.0 Å². The molecule has 1 aliphatic rings. The Bertz CT molecular complexity index is 934. The average Bonchev–Trinajstić information content (AvgIpc) is 3.17. The van der Waals surface area contributed by atoms with Crippen LogP contribution in [0.3, 0.4) is 0 Å². The molecular weight excluding hydrogens is 388 g/mol. The van der Waals surface area contributed by atoms with Crippen LogP contribution < -0.4 is 4.74 Å². The number of hydrogen-bond donors (Lipinski definition) is 1. The van der Waals surface area contributed by atoms with E-state index in [1.807, 2.05) is 11.8 Å². The number of amides is 1. The van der Waals surface area contributed by atoms with Gasteiger partial charge in [-0.1, -0.05) is 0 Å². The summed E-state index contributed by atoms with van der Waals surface area (Å²) in [6.45, 7) is 1.43. The number of sulfonamides is 1. The van der Waals surface area contributed by atoms with Crippen molar-refractivity contribution in [3.8, 4) is 17.0 Å². The van der Waals surface area contributed by atoms with Gasteiger partial charge in [0.1, 0.15) is 16.3 Å². The van der Waals surface area contributed by atoms with Gasteiger partial charge in [0, 0.05) is 44.3 Å². The van der Waals surface area contributed by atoms with E-state index < -0.39 is 10.0 Å². The van der Waals surface area contributed by atoms with Crippen molar-refractivity contribution < 1.29 is 17.9 Å². The highest BCUT2D eigenvalue weighted by Gasteiger charge is 2.24. The zero-order valence-corrected chi connectivity index (χ0v) is 17.1. The first kappa shape index (κ1) is 19.7. The van der Waals surface area contributed by atoms with E-state index in [1.165, 1.54) is 27.3 Å². The predicted molar refractivity (Wildman–Crippen MR) is 105 cm³/mol. The number of nitrogens with one attached hydrogen (secondary N) is 1. The zero-order valence-electron chi connectivity index (χ0n) is 15.4. The van der Waals surface area contributed by atoms with Crippen molar-refractivity contribution in [2.24, 2.45) is 0 Å². The summed E-state index contributed by atoms with van der Waals surface area (Å²) in [7, 11) is 0.663. The van der Waals surface area contributed by atoms with Crippen LogP contribution in [0.1, 0.15) is 10.5 Å². The van der Waals surface area contributed by atoms with Crippen molar-refractivity contribution >= 4 is 27.7 Å². The number of methoxy groups -OCH3 is 1. The molecule has 1 aromatic carbocycles. The fourth-order valence-electron chi connectivity index (χ4n) is 2.75. The van der Waals surface area contributed by atoms with Gasteiger partial charge in [0.25, 0.3) is 5.91 Å². The molecule has 27 heavy (non-hydrogen) atoms. The van der Waals surface area contributed by atoms with E-state index in [0.29, 0.717) is 30.0 Å². The largest absolute Gasteiger partial charge is 0.495 e. The second-order valence-corrected chi connectivity index (χ2v) is 9.57. The summed E-state index contributed by atoms with van der Waals surface area (Å²) in [6.07, 6.45) is 0. The van der Waals surface area contributed by atoms with Gasteiger partial charge in [-0.05, 0) is 24.3 Å². The number of thioether (sulfide) groups is 1. The van der Waals surface area contributed by atoms with E-state index in [-0.39, 0.29) is 16.6 Å². The summed E-state index contributed by atoms with van der Waals surface area (Å²) in [4.78, 5) is 14.4. The molecule has 10 heteroatoms. The number of aromatic nitrogens is 2. The Morgan fingerprint density at radius 2 is 1.96 bits per heavy atom. The average molecular weight is 411 g/mol. The third-order valence-corrected chi connectivity index (χ3v) is 7.10. The van der Waals surface area contributed by atoms with E-state index in [9.17, 15) is 13.2 Å². The smallest absolute Gasteiger partial charge is 0.271 e. The molecule has 1 amide bonds. The molecule has 2 aromatic rings. The lowest BCUT2D eigenvalue weighted by molar-refractivity contribution is 0.0766. The van der Waals surface area contributed by atoms with Gasteiger partial charge in [0.15, 0.2) is 0 Å². The minimum absolute atomic E-state index is 0.0523. The maximum atomic E-state index is 12.6. The first-order chi connectivity index (χ1) is 12.8. The molecule has 0 bridgehead atoms. The van der Waals surface area contributed by atoms with Gasteiger partial charge in [0.2, 0.25) is 10.0 Å². The minimum atomic E-state index is -3.68. The standard InChI is InChI=1S/C17H22N4O4S2/c1-20(2)27(23,24)16-10-12(4-5-15(16)25-3)13-11-14(19-18-13)17(22)21-6-8-26-9-7-21/h4-5,10-11H,6-9H2,1-3H3,(H,18,19). The Morgan fingerprint density at radius 1 is 1.26 bits per heavy atom. The molecule has 1 saturated heterocycles. The topological polar surface area (TPSA) is 95.6 Å². The maximum absolute atomic E-state index is 12.6. The summed E-state index contributed by atoms with van der Waals surface area (Å²) in [5.74, 6) is 2.02. The van der Waals surface area contributed by atoms with E-state index >= 15 is 0 Å². The predicted octanol–water partition coefficient (Wildman–Crippen LogP) is 1.52. The van der Waals surface area contributed by atoms with Crippen molar-refractivity contribution in [3.63, 3.8) is 0 Å². The number of rotatable bonds is 5. The fourth-order valence-corrected chi connectivity index (χ4v) is 4.73. The van der Waals surface area contributed by atoms with Gasteiger partial charge in [0.05, 0.1) is 12.8 Å². The van der Waals surface area contributed by atoms with Crippen LogP contribution in [0.4, 0.5) is 0 Å². The third-order valence-electron chi connectivity index (χ3n) is 4.32. The van der Waals surface area contributed by atoms with Crippen LogP contribution in [0, 0.1) is 0 Å². The zero-order chi connectivity index (χ0) is 19.6. The molecule has 0 radical (unpaired) electrons. The Kier molecular flexibility index (Phi) is 5.78. The van der Waals surface area contributed by atoms with Crippen molar-refractivity contribution in [1.82, 2.24) is 19.4 Å². The number of H-pyrrole nitrogens is 1. The Hall–Kier alpha value is -2.04. The van der Waals surface area contributed by atoms with Crippen LogP contribution in [-0.2, 0) is 10.0 Å². The molecule has 1 aliphatic heterocycles. The molecule has 0 spiro atoms. The van der Waals surface area contributed by atoms with Crippen LogP contribution >= 0.6 is 11.8 Å². The first-order valence-corrected chi connectivity index (χ1v) is 11.0. The molecule has 0 aliphatic carbocycles. The lowest BCUT2D eigenvalue weighted by Crippen LogP contribution is -2.38. The molecule has 3 rings (SSSR count). The number of ether oxygens (including phenoxy) is 1. The number of carbonyl (C=O) groups is 1. The number of hydrogen-bond acceptors (Lipinski definition) is 6. The van der Waals surface area contributed by atoms with Gasteiger partial charge < -0.3 is 9.64 Å². The molecule has 0 unspecified atom stereocenters. The van der Waals surface area contributed by atoms with Gasteiger partial charge in [-0.15, -0.1) is 0 Å². The summed E-state index contributed by atoms with van der Waals surface area (Å²) >= 11 is 1.83. The van der Waals surface area contributed by atoms with Crippen LogP contribution in [-0.4, -0.2) is 79.5 Å². The van der Waals surface area contributed by atoms with Crippen molar-refractivity contribution in [2.45, 2.75) is 4.90 Å². The molecule has 2 heterocycles. The number of benzene rings is 1. The quantitative estimate of drug-likeness (QED) is 0.803. The minimum Gasteiger partial charge on any atom is -0.495 e. The summed E-state index contributed by atoms with van der Waals surface area (Å²) in [5.41, 5.74) is 1.48. The van der Waals surface area contributed by atoms with Crippen LogP contribution in [0.15, 0.2) is 29.2 Å². The van der Waals surface area contributed by atoms with Gasteiger partial charge >= 0.3 is 0 Å². The molecule has 1 N–H and O–H groups in total. The Balaban J connectivity index is 1.93. The molecule has 1 aromatic heterocycles. The lowest BCUT2D eigenvalue weighted by atomic mass is 10.1. The number of aromatic amines is 1. The third kappa shape index (κ3) is 3.97. The monoisotopic (exact) mass is 410 g/mol. The van der Waals surface area contributed by atoms with E-state index in [1.54, 1.807) is 23.1 Å². The van der Waals surface area contributed by atoms with Gasteiger partial charge in [-0.2, -0.15) is 16.9 Å². The Labute approximate surface area is 162 Å². The van der Waals surface area contributed by atoms with E-state index in [4.69, 9.17) is 4.74 Å². The number of nitrogens with zero attached hydrogens (tertiary/aromatic N) is 3. The molecule has 1 fully saturated rings. The molecule has 8 nitrogen and oxygen atoms in total. The highest BCUT2D eigenvalue weighted by Crippen LogP contribution is 2.31. The second kappa shape index (κ2) is 7.91. The summed E-state index contributed by atoms with van der Waals surface area (Å²) in [5, 5.41) is 6.97. The van der Waals surface area contributed by atoms with Gasteiger partial charge in [-0.3, -0.25) is 9.89 Å². The van der Waals surface area contributed by atoms with Crippen molar-refractivity contribution in [2.75, 3.05) is 45.8 Å². The van der Waals surface area contributed by atoms with Crippen LogP contribution in [0.2, 0.25) is 0 Å². The SMILES string of the molecule is COc1ccc(-c2cc(C(=O)N3CCSCC3)[nH]n2)cc1S(=O)(=O)N(C)C. The molecule has 0 atom stereocenters. The Morgan fingerprint density at radius 3 is 2.59 bits per heavy atom. The van der Waals surface area contributed by atoms with E-state index in [0.717, 1.165) is 15.8 Å². The molecule has 0 saturated carbocycles. The molecule has 146 valence electrons. The highest BCUT2D eigenvalue weighted by molar-refractivity contribution is 7.99. The fraction of sp³-hybridized carbons (Fsp3) is 0.412. The van der Waals surface area contributed by atoms with Crippen LogP contribution in [0.25, 0.3) is 11.3 Å². The maximum Gasteiger partial charge on any atom is 0.271 e. The lowest BCUT2D eigenvalue weighted by Gasteiger charge is -2.25. The number of carbonyl (C=O) groups excluding carboxylic acids is 1. The summed E-state index contributed by atoms with van der Waals surface area (Å²) in [6, 6.07) is 6.47. The summed E-state index contributed by atoms with van der Waals surface area (Å²) < 4.78 is 31.5. The highest BCUT2D eigenvalue weighted by atomic mass is 32.2. The van der Waals surface area contributed by atoms with Gasteiger partial charge in [-0.25, -0.2) is 12.7 Å². The van der Waals surface area contributed by atoms with E-state index in [2.05, 4.69) is 10.2 Å². The second-order valence-electron chi connectivity index (χ2n) is 6.22.